The zero-order valence-electron chi connectivity index (χ0n) is 41.5. The van der Waals surface area contributed by atoms with Gasteiger partial charge in [-0.15, -0.1) is 0 Å². The molecule has 376 valence electrons. The standard InChI is InChI=1S/C43H76N10O13/c1-18-19-20-21(2)33(55)32(38(60)49-31(30(11)54)43(65)66-17)53(16)42(64)29(10)52(15)41(63)26(7)48-37(59)28(9)51(14)40(62)25(6)47-35(57)23(4)45-36(58)27(8)50(13)39(61)24(5)46-34(56)22(3)44-12/h18-19,21-33,44,54-55H,20H2,1-17H3,(H,45,58)(H,46,56)(H,47,57)(H,48,59)(H,49,60)/b19-18+. The third-order valence-electron chi connectivity index (χ3n) is 11.6. The Bertz CT molecular complexity index is 1760. The van der Waals surface area contributed by atoms with Gasteiger partial charge in [-0.2, -0.15) is 0 Å². The highest BCUT2D eigenvalue weighted by Crippen LogP contribution is 2.19. The summed E-state index contributed by atoms with van der Waals surface area (Å²) in [6.45, 7) is 16.0. The van der Waals surface area contributed by atoms with Crippen LogP contribution in [0, 0.1) is 5.92 Å². The topological polar surface area (TPSA) is 306 Å². The van der Waals surface area contributed by atoms with Crippen molar-refractivity contribution < 1.29 is 62.9 Å². The van der Waals surface area contributed by atoms with E-state index in [2.05, 4.69) is 36.6 Å². The average Bonchev–Trinajstić information content (AvgIpc) is 3.28. The highest BCUT2D eigenvalue weighted by atomic mass is 16.5. The number of nitrogens with zero attached hydrogens (tertiary/aromatic N) is 4. The van der Waals surface area contributed by atoms with Gasteiger partial charge in [0.25, 0.3) is 0 Å². The van der Waals surface area contributed by atoms with Crippen LogP contribution in [0.5, 0.6) is 0 Å². The Hall–Kier alpha value is -5.68. The van der Waals surface area contributed by atoms with Gasteiger partial charge in [0, 0.05) is 28.2 Å². The number of likely N-dealkylation sites (N-methyl/N-ethyl adjacent to an activating group) is 5. The lowest BCUT2D eigenvalue weighted by molar-refractivity contribution is -0.154. The first-order valence-corrected chi connectivity index (χ1v) is 21.8. The average molecular weight is 941 g/mol. The molecule has 9 amide bonds. The number of ether oxygens (including phenoxy) is 1. The van der Waals surface area contributed by atoms with E-state index in [1.54, 1.807) is 40.0 Å². The number of rotatable bonds is 25. The normalized spacial score (nSPS) is 17.2. The van der Waals surface area contributed by atoms with Crippen LogP contribution in [-0.2, 0) is 52.7 Å². The van der Waals surface area contributed by atoms with Crippen LogP contribution in [0.25, 0.3) is 0 Å². The molecular weight excluding hydrogens is 865 g/mol. The van der Waals surface area contributed by atoms with E-state index < -0.39 is 138 Å². The predicted molar refractivity (Wildman–Crippen MR) is 242 cm³/mol. The second-order valence-electron chi connectivity index (χ2n) is 16.7. The molecule has 0 aromatic carbocycles. The highest BCUT2D eigenvalue weighted by Gasteiger charge is 2.41. The van der Waals surface area contributed by atoms with E-state index in [4.69, 9.17) is 0 Å². The summed E-state index contributed by atoms with van der Waals surface area (Å²) in [5, 5.41) is 36.7. The molecule has 0 bridgehead atoms. The van der Waals surface area contributed by atoms with Crippen LogP contribution < -0.4 is 31.9 Å². The number of allylic oxidation sites excluding steroid dienone is 2. The summed E-state index contributed by atoms with van der Waals surface area (Å²) in [5.74, 6) is -7.88. The van der Waals surface area contributed by atoms with E-state index in [1.165, 1.54) is 83.6 Å². The molecule has 0 heterocycles. The zero-order chi connectivity index (χ0) is 51.7. The quantitative estimate of drug-likeness (QED) is 0.0334. The summed E-state index contributed by atoms with van der Waals surface area (Å²) in [6, 6.07) is -11.7. The van der Waals surface area contributed by atoms with Gasteiger partial charge < -0.3 is 66.5 Å². The van der Waals surface area contributed by atoms with Crippen LogP contribution >= 0.6 is 0 Å². The van der Waals surface area contributed by atoms with Gasteiger partial charge in [0.2, 0.25) is 53.2 Å². The monoisotopic (exact) mass is 941 g/mol. The maximum Gasteiger partial charge on any atom is 0.331 e. The zero-order valence-corrected chi connectivity index (χ0v) is 41.5. The molecule has 13 unspecified atom stereocenters. The van der Waals surface area contributed by atoms with E-state index in [1.807, 2.05) is 0 Å². The number of esters is 1. The van der Waals surface area contributed by atoms with Crippen LogP contribution in [-0.4, -0.2) is 204 Å². The van der Waals surface area contributed by atoms with Crippen molar-refractivity contribution in [2.75, 3.05) is 42.3 Å². The molecule has 0 rings (SSSR count). The number of hydrogen-bond donors (Lipinski definition) is 8. The summed E-state index contributed by atoms with van der Waals surface area (Å²) < 4.78 is 4.68. The van der Waals surface area contributed by atoms with E-state index >= 15 is 0 Å². The number of carbonyl (C=O) groups is 10. The SMILES string of the molecule is C/C=C/CC(C)C(O)C(C(=O)NC(C(=O)OC)C(C)O)N(C)C(=O)C(C)N(C)C(=O)C(C)NC(=O)C(C)N(C)C(=O)C(C)NC(=O)C(C)NC(=O)C(C)N(C)C(=O)C(C)NC(=O)C(C)NC. The molecule has 0 aromatic heterocycles. The summed E-state index contributed by atoms with van der Waals surface area (Å²) in [7, 11) is 7.87. The van der Waals surface area contributed by atoms with E-state index in [0.29, 0.717) is 6.42 Å². The third-order valence-corrected chi connectivity index (χ3v) is 11.6. The maximum atomic E-state index is 13.9. The number of carbonyl (C=O) groups excluding carboxylic acids is 10. The minimum absolute atomic E-state index is 0.321. The van der Waals surface area contributed by atoms with Crippen LogP contribution in [0.15, 0.2) is 12.2 Å². The van der Waals surface area contributed by atoms with Crippen molar-refractivity contribution in [3.8, 4) is 0 Å². The molecule has 0 aliphatic carbocycles. The first-order chi connectivity index (χ1) is 30.4. The lowest BCUT2D eigenvalue weighted by Crippen LogP contribution is -2.62. The van der Waals surface area contributed by atoms with Crippen LogP contribution in [0.1, 0.15) is 82.6 Å². The molecule has 0 saturated carbocycles. The molecule has 0 saturated heterocycles. The molecule has 23 heteroatoms. The molecule has 66 heavy (non-hydrogen) atoms. The molecule has 0 aliphatic rings. The van der Waals surface area contributed by atoms with Crippen LogP contribution in [0.3, 0.4) is 0 Å². The minimum Gasteiger partial charge on any atom is -0.467 e. The fourth-order valence-corrected chi connectivity index (χ4v) is 6.27. The first-order valence-electron chi connectivity index (χ1n) is 21.8. The molecule has 0 aliphatic heterocycles. The maximum absolute atomic E-state index is 13.9. The minimum atomic E-state index is -1.59. The Balaban J connectivity index is 5.74. The van der Waals surface area contributed by atoms with Crippen molar-refractivity contribution in [2.24, 2.45) is 5.92 Å². The largest absolute Gasteiger partial charge is 0.467 e. The van der Waals surface area contributed by atoms with Crippen molar-refractivity contribution in [1.29, 1.82) is 0 Å². The van der Waals surface area contributed by atoms with Crippen molar-refractivity contribution in [3.05, 3.63) is 12.2 Å². The van der Waals surface area contributed by atoms with Gasteiger partial charge in [-0.3, -0.25) is 43.2 Å². The van der Waals surface area contributed by atoms with E-state index in [0.717, 1.165) is 26.7 Å². The smallest absolute Gasteiger partial charge is 0.331 e. The number of amides is 9. The van der Waals surface area contributed by atoms with Crippen LogP contribution in [0.2, 0.25) is 0 Å². The molecule has 0 aromatic rings. The molecule has 13 atom stereocenters. The lowest BCUT2D eigenvalue weighted by atomic mass is 9.92. The predicted octanol–water partition coefficient (Wildman–Crippen LogP) is -3.02. The fraction of sp³-hybridized carbons (Fsp3) is 0.721. The fourth-order valence-electron chi connectivity index (χ4n) is 6.27. The molecule has 0 radical (unpaired) electrons. The van der Waals surface area contributed by atoms with Gasteiger partial charge >= 0.3 is 5.97 Å². The molecule has 8 N–H and O–H groups in total. The lowest BCUT2D eigenvalue weighted by Gasteiger charge is -2.37. The van der Waals surface area contributed by atoms with Gasteiger partial charge in [0.05, 0.1) is 25.4 Å². The van der Waals surface area contributed by atoms with Crippen LogP contribution in [0.4, 0.5) is 0 Å². The van der Waals surface area contributed by atoms with E-state index in [9.17, 15) is 58.2 Å². The summed E-state index contributed by atoms with van der Waals surface area (Å²) >= 11 is 0. The van der Waals surface area contributed by atoms with Crippen molar-refractivity contribution in [2.45, 2.75) is 155 Å². The number of aliphatic hydroxyl groups excluding tert-OH is 2. The molecule has 23 nitrogen and oxygen atoms in total. The van der Waals surface area contributed by atoms with Gasteiger partial charge in [-0.25, -0.2) is 4.79 Å². The highest BCUT2D eigenvalue weighted by molar-refractivity contribution is 5.98. The van der Waals surface area contributed by atoms with Gasteiger partial charge in [-0.1, -0.05) is 19.1 Å². The summed E-state index contributed by atoms with van der Waals surface area (Å²) in [4.78, 5) is 135. The van der Waals surface area contributed by atoms with Gasteiger partial charge in [0.1, 0.15) is 48.3 Å². The Kier molecular flexibility index (Phi) is 25.3. The number of aliphatic hydroxyl groups is 2. The number of nitrogens with one attached hydrogen (secondary N) is 6. The summed E-state index contributed by atoms with van der Waals surface area (Å²) in [6.07, 6.45) is 0.961. The van der Waals surface area contributed by atoms with Crippen molar-refractivity contribution in [3.63, 3.8) is 0 Å². The first kappa shape index (κ1) is 60.3. The molecule has 0 spiro atoms. The Morgan fingerprint density at radius 1 is 0.515 bits per heavy atom. The summed E-state index contributed by atoms with van der Waals surface area (Å²) in [5.41, 5.74) is 0. The third kappa shape index (κ3) is 17.0. The van der Waals surface area contributed by atoms with Crippen molar-refractivity contribution >= 4 is 59.1 Å². The number of methoxy groups -OCH3 is 1. The second kappa shape index (κ2) is 27.7. The van der Waals surface area contributed by atoms with Crippen molar-refractivity contribution in [1.82, 2.24) is 51.5 Å². The van der Waals surface area contributed by atoms with E-state index in [-0.39, 0.29) is 0 Å². The van der Waals surface area contributed by atoms with Gasteiger partial charge in [0.15, 0.2) is 6.04 Å². The molecule has 0 fully saturated rings. The Labute approximate surface area is 388 Å². The Morgan fingerprint density at radius 3 is 1.27 bits per heavy atom. The number of hydrogen-bond acceptors (Lipinski definition) is 14. The molecular formula is C43H76N10O13. The van der Waals surface area contributed by atoms with Gasteiger partial charge in [-0.05, 0) is 88.6 Å². The second-order valence-corrected chi connectivity index (χ2v) is 16.7. The Morgan fingerprint density at radius 2 is 0.894 bits per heavy atom.